The minimum Gasteiger partial charge on any atom is -0.497 e. The predicted molar refractivity (Wildman–Crippen MR) is 40.8 cm³/mol. The van der Waals surface area contributed by atoms with E-state index in [1.807, 2.05) is 12.2 Å². The molecule has 1 saturated carbocycles. The standard InChI is InChI=1S/C7H6Cl2O/c8-6(9)3-5-4-1-2-10-7(4)5/h1-5,7H/t4-,5-,7+/m0/s1. The van der Waals surface area contributed by atoms with Gasteiger partial charge in [-0.3, -0.25) is 0 Å². The van der Waals surface area contributed by atoms with Gasteiger partial charge < -0.3 is 4.74 Å². The molecule has 2 rings (SSSR count). The largest absolute Gasteiger partial charge is 0.497 e. The maximum atomic E-state index is 5.47. The monoisotopic (exact) mass is 176 g/mol. The highest BCUT2D eigenvalue weighted by atomic mass is 35.5. The van der Waals surface area contributed by atoms with Gasteiger partial charge in [0.05, 0.1) is 6.26 Å². The number of hydrogen-bond donors (Lipinski definition) is 0. The van der Waals surface area contributed by atoms with Crippen LogP contribution >= 0.6 is 23.2 Å². The summed E-state index contributed by atoms with van der Waals surface area (Å²) in [4.78, 5) is 0. The highest BCUT2D eigenvalue weighted by Gasteiger charge is 2.51. The Morgan fingerprint density at radius 1 is 1.50 bits per heavy atom. The molecule has 1 heterocycles. The fraction of sp³-hybridized carbons (Fsp3) is 0.429. The van der Waals surface area contributed by atoms with Crippen LogP contribution in [0.2, 0.25) is 0 Å². The summed E-state index contributed by atoms with van der Waals surface area (Å²) < 4.78 is 5.54. The van der Waals surface area contributed by atoms with E-state index in [0.717, 1.165) is 0 Å². The number of rotatable bonds is 1. The van der Waals surface area contributed by atoms with Crippen LogP contribution in [0.15, 0.2) is 22.9 Å². The zero-order chi connectivity index (χ0) is 7.14. The molecule has 0 aromatic carbocycles. The molecule has 0 aromatic rings. The molecule has 0 amide bonds. The van der Waals surface area contributed by atoms with E-state index in [1.165, 1.54) is 0 Å². The normalized spacial score (nSPS) is 40.4. The van der Waals surface area contributed by atoms with Gasteiger partial charge >= 0.3 is 0 Å². The summed E-state index contributed by atoms with van der Waals surface area (Å²) in [6.45, 7) is 0. The first-order chi connectivity index (χ1) is 4.79. The van der Waals surface area contributed by atoms with Crippen molar-refractivity contribution in [2.75, 3.05) is 0 Å². The van der Waals surface area contributed by atoms with Crippen molar-refractivity contribution in [3.05, 3.63) is 22.9 Å². The lowest BCUT2D eigenvalue weighted by molar-refractivity contribution is 0.234. The van der Waals surface area contributed by atoms with Gasteiger partial charge in [-0.25, -0.2) is 0 Å². The lowest BCUT2D eigenvalue weighted by Gasteiger charge is -1.92. The topological polar surface area (TPSA) is 9.23 Å². The molecule has 10 heavy (non-hydrogen) atoms. The van der Waals surface area contributed by atoms with Gasteiger partial charge in [0.2, 0.25) is 0 Å². The van der Waals surface area contributed by atoms with Crippen LogP contribution in [0, 0.1) is 11.8 Å². The Balaban J connectivity index is 2.02. The molecule has 1 nitrogen and oxygen atoms in total. The van der Waals surface area contributed by atoms with Crippen molar-refractivity contribution in [3.63, 3.8) is 0 Å². The van der Waals surface area contributed by atoms with Gasteiger partial charge in [0.15, 0.2) is 0 Å². The van der Waals surface area contributed by atoms with Gasteiger partial charge in [-0.15, -0.1) is 0 Å². The van der Waals surface area contributed by atoms with Crippen molar-refractivity contribution in [2.45, 2.75) is 6.10 Å². The van der Waals surface area contributed by atoms with E-state index in [9.17, 15) is 0 Å². The third-order valence-corrected chi connectivity index (χ3v) is 2.17. The Morgan fingerprint density at radius 3 is 2.80 bits per heavy atom. The van der Waals surface area contributed by atoms with Gasteiger partial charge in [-0.05, 0) is 12.2 Å². The average molecular weight is 177 g/mol. The molecule has 0 radical (unpaired) electrons. The summed E-state index contributed by atoms with van der Waals surface area (Å²) in [7, 11) is 0. The molecule has 54 valence electrons. The molecule has 0 unspecified atom stereocenters. The first-order valence-electron chi connectivity index (χ1n) is 3.14. The summed E-state index contributed by atoms with van der Waals surface area (Å²) in [6.07, 6.45) is 5.94. The summed E-state index contributed by atoms with van der Waals surface area (Å²) in [5.74, 6) is 0.961. The minimum absolute atomic E-state index is 0.326. The molecule has 3 atom stereocenters. The Morgan fingerprint density at radius 2 is 2.30 bits per heavy atom. The van der Waals surface area contributed by atoms with Crippen molar-refractivity contribution in [1.29, 1.82) is 0 Å². The summed E-state index contributed by atoms with van der Waals surface area (Å²) in [5.41, 5.74) is 0. The molecular formula is C7H6Cl2O. The molecule has 1 aliphatic carbocycles. The van der Waals surface area contributed by atoms with E-state index in [-0.39, 0.29) is 0 Å². The van der Waals surface area contributed by atoms with Crippen molar-refractivity contribution in [2.24, 2.45) is 11.8 Å². The first-order valence-corrected chi connectivity index (χ1v) is 3.89. The van der Waals surface area contributed by atoms with Gasteiger partial charge in [0.25, 0.3) is 0 Å². The predicted octanol–water partition coefficient (Wildman–Crippen LogP) is 2.46. The van der Waals surface area contributed by atoms with Crippen LogP contribution < -0.4 is 0 Å². The molecule has 0 aromatic heterocycles. The second kappa shape index (κ2) is 2.18. The third kappa shape index (κ3) is 0.938. The summed E-state index contributed by atoms with van der Waals surface area (Å²) in [6, 6.07) is 0. The zero-order valence-corrected chi connectivity index (χ0v) is 6.64. The van der Waals surface area contributed by atoms with Gasteiger partial charge in [-0.1, -0.05) is 23.2 Å². The number of fused-ring (bicyclic) bond motifs is 1. The van der Waals surface area contributed by atoms with Crippen molar-refractivity contribution < 1.29 is 4.74 Å². The van der Waals surface area contributed by atoms with E-state index < -0.39 is 0 Å². The van der Waals surface area contributed by atoms with E-state index in [0.29, 0.717) is 22.4 Å². The zero-order valence-electron chi connectivity index (χ0n) is 5.13. The Hall–Kier alpha value is -0.140. The van der Waals surface area contributed by atoms with Crippen LogP contribution in [0.5, 0.6) is 0 Å². The fourth-order valence-electron chi connectivity index (χ4n) is 1.33. The van der Waals surface area contributed by atoms with Gasteiger partial charge in [-0.2, -0.15) is 0 Å². The molecular weight excluding hydrogens is 171 g/mol. The highest BCUT2D eigenvalue weighted by molar-refractivity contribution is 6.55. The minimum atomic E-state index is 0.326. The molecule has 2 aliphatic rings. The SMILES string of the molecule is ClC(Cl)=C[C@H]1[C@@H]2C=CO[C@H]21. The van der Waals surface area contributed by atoms with Crippen LogP contribution in [0.25, 0.3) is 0 Å². The van der Waals surface area contributed by atoms with Crippen molar-refractivity contribution in [3.8, 4) is 0 Å². The Kier molecular flexibility index (Phi) is 1.43. The van der Waals surface area contributed by atoms with Crippen molar-refractivity contribution >= 4 is 23.2 Å². The smallest absolute Gasteiger partial charge is 0.112 e. The molecule has 1 aliphatic heterocycles. The maximum absolute atomic E-state index is 5.47. The second-order valence-electron chi connectivity index (χ2n) is 2.54. The van der Waals surface area contributed by atoms with Crippen LogP contribution in [-0.4, -0.2) is 6.10 Å². The quantitative estimate of drug-likeness (QED) is 0.597. The number of halogens is 2. The van der Waals surface area contributed by atoms with Crippen LogP contribution in [0.3, 0.4) is 0 Å². The molecule has 3 heteroatoms. The van der Waals surface area contributed by atoms with E-state index >= 15 is 0 Å². The van der Waals surface area contributed by atoms with Gasteiger partial charge in [0.1, 0.15) is 10.6 Å². The Bertz CT molecular complexity index is 206. The van der Waals surface area contributed by atoms with Crippen LogP contribution in [0.4, 0.5) is 0 Å². The lowest BCUT2D eigenvalue weighted by atomic mass is 10.3. The van der Waals surface area contributed by atoms with Crippen LogP contribution in [0.1, 0.15) is 0 Å². The van der Waals surface area contributed by atoms with E-state index in [2.05, 4.69) is 0 Å². The van der Waals surface area contributed by atoms with E-state index in [1.54, 1.807) is 6.26 Å². The molecule has 0 N–H and O–H groups in total. The highest BCUT2D eigenvalue weighted by Crippen LogP contribution is 2.48. The first kappa shape index (κ1) is 6.56. The average Bonchev–Trinajstić information content (AvgIpc) is 2.40. The Labute approximate surface area is 69.3 Å². The number of hydrogen-bond acceptors (Lipinski definition) is 1. The summed E-state index contributed by atoms with van der Waals surface area (Å²) >= 11 is 10.9. The third-order valence-electron chi connectivity index (χ3n) is 1.92. The molecule has 1 fully saturated rings. The molecule has 0 spiro atoms. The molecule has 0 bridgehead atoms. The number of ether oxygens (including phenoxy) is 1. The maximum Gasteiger partial charge on any atom is 0.112 e. The van der Waals surface area contributed by atoms with Crippen LogP contribution in [-0.2, 0) is 4.74 Å². The summed E-state index contributed by atoms with van der Waals surface area (Å²) in [5, 5.41) is 0. The fourth-order valence-corrected chi connectivity index (χ4v) is 1.62. The second-order valence-corrected chi connectivity index (χ2v) is 3.55. The lowest BCUT2D eigenvalue weighted by Crippen LogP contribution is -1.85. The molecule has 0 saturated heterocycles. The van der Waals surface area contributed by atoms with Crippen molar-refractivity contribution in [1.82, 2.24) is 0 Å². The van der Waals surface area contributed by atoms with Gasteiger partial charge in [0, 0.05) is 11.8 Å². The van der Waals surface area contributed by atoms with E-state index in [4.69, 9.17) is 27.9 Å².